The Morgan fingerprint density at radius 2 is 1.67 bits per heavy atom. The van der Waals surface area contributed by atoms with E-state index < -0.39 is 0 Å². The zero-order chi connectivity index (χ0) is 16.9. The number of benzene rings is 2. The van der Waals surface area contributed by atoms with Crippen molar-refractivity contribution in [3.63, 3.8) is 0 Å². The molecule has 0 aliphatic rings. The van der Waals surface area contributed by atoms with Crippen LogP contribution in [0, 0.1) is 6.92 Å². The molecule has 1 aromatic heterocycles. The predicted molar refractivity (Wildman–Crippen MR) is 91.1 cm³/mol. The van der Waals surface area contributed by atoms with E-state index in [9.17, 15) is 9.59 Å². The van der Waals surface area contributed by atoms with Crippen LogP contribution in [0.1, 0.15) is 16.7 Å². The SMILES string of the molecule is Cc1ccc2occ(CC(=O)NNC(=O)Cc3ccccc3)c2c1. The fourth-order valence-electron chi connectivity index (χ4n) is 2.51. The number of carbonyl (C=O) groups excluding carboxylic acids is 2. The lowest BCUT2D eigenvalue weighted by molar-refractivity contribution is -0.128. The summed E-state index contributed by atoms with van der Waals surface area (Å²) in [7, 11) is 0. The number of amides is 2. The maximum Gasteiger partial charge on any atom is 0.242 e. The van der Waals surface area contributed by atoms with Crippen LogP contribution in [0.2, 0.25) is 0 Å². The first kappa shape index (κ1) is 15.8. The van der Waals surface area contributed by atoms with E-state index in [4.69, 9.17) is 4.42 Å². The lowest BCUT2D eigenvalue weighted by Crippen LogP contribution is -2.43. The van der Waals surface area contributed by atoms with Crippen molar-refractivity contribution < 1.29 is 14.0 Å². The van der Waals surface area contributed by atoms with E-state index in [2.05, 4.69) is 10.9 Å². The summed E-state index contributed by atoms with van der Waals surface area (Å²) >= 11 is 0. The Bertz CT molecular complexity index is 869. The van der Waals surface area contributed by atoms with Gasteiger partial charge in [0.05, 0.1) is 19.1 Å². The topological polar surface area (TPSA) is 71.3 Å². The van der Waals surface area contributed by atoms with Crippen molar-refractivity contribution in [1.82, 2.24) is 10.9 Å². The van der Waals surface area contributed by atoms with Gasteiger partial charge in [-0.15, -0.1) is 0 Å². The summed E-state index contributed by atoms with van der Waals surface area (Å²) in [6.07, 6.45) is 1.94. The van der Waals surface area contributed by atoms with Crippen LogP contribution in [-0.2, 0) is 22.4 Å². The Labute approximate surface area is 139 Å². The molecule has 3 rings (SSSR count). The molecule has 0 bridgehead atoms. The molecule has 5 heteroatoms. The predicted octanol–water partition coefficient (Wildman–Crippen LogP) is 2.67. The van der Waals surface area contributed by atoms with E-state index in [0.717, 1.165) is 27.7 Å². The fourth-order valence-corrected chi connectivity index (χ4v) is 2.51. The van der Waals surface area contributed by atoms with Gasteiger partial charge in [0.2, 0.25) is 11.8 Å². The quantitative estimate of drug-likeness (QED) is 0.726. The molecule has 0 unspecified atom stereocenters. The molecule has 0 aliphatic heterocycles. The van der Waals surface area contributed by atoms with Crippen LogP contribution in [0.15, 0.2) is 59.2 Å². The molecule has 0 fully saturated rings. The molecule has 24 heavy (non-hydrogen) atoms. The molecule has 3 aromatic rings. The first-order valence-corrected chi connectivity index (χ1v) is 7.70. The average Bonchev–Trinajstić information content (AvgIpc) is 2.96. The molecule has 0 atom stereocenters. The molecule has 2 N–H and O–H groups in total. The standard InChI is InChI=1S/C19H18N2O3/c1-13-7-8-17-16(9-13)15(12-24-17)11-19(23)21-20-18(22)10-14-5-3-2-4-6-14/h2-9,12H,10-11H2,1H3,(H,20,22)(H,21,23). The minimum atomic E-state index is -0.291. The fraction of sp³-hybridized carbons (Fsp3) is 0.158. The Morgan fingerprint density at radius 3 is 2.42 bits per heavy atom. The van der Waals surface area contributed by atoms with Crippen LogP contribution >= 0.6 is 0 Å². The molecular weight excluding hydrogens is 304 g/mol. The van der Waals surface area contributed by atoms with Crippen LogP contribution in [0.3, 0.4) is 0 Å². The molecular formula is C19H18N2O3. The number of furan rings is 1. The van der Waals surface area contributed by atoms with Gasteiger partial charge in [-0.05, 0) is 24.6 Å². The summed E-state index contributed by atoms with van der Waals surface area (Å²) in [5.41, 5.74) is 8.40. The first-order valence-electron chi connectivity index (χ1n) is 7.70. The van der Waals surface area contributed by atoms with E-state index in [0.29, 0.717) is 0 Å². The van der Waals surface area contributed by atoms with E-state index in [1.54, 1.807) is 6.26 Å². The largest absolute Gasteiger partial charge is 0.464 e. The average molecular weight is 322 g/mol. The van der Waals surface area contributed by atoms with Crippen LogP contribution in [-0.4, -0.2) is 11.8 Å². The zero-order valence-electron chi connectivity index (χ0n) is 13.3. The van der Waals surface area contributed by atoms with Gasteiger partial charge in [-0.1, -0.05) is 42.0 Å². The van der Waals surface area contributed by atoms with Crippen molar-refractivity contribution in [2.75, 3.05) is 0 Å². The van der Waals surface area contributed by atoms with E-state index in [-0.39, 0.29) is 24.7 Å². The highest BCUT2D eigenvalue weighted by Gasteiger charge is 2.11. The maximum atomic E-state index is 12.0. The van der Waals surface area contributed by atoms with E-state index in [1.165, 1.54) is 0 Å². The molecule has 0 spiro atoms. The van der Waals surface area contributed by atoms with Crippen molar-refractivity contribution in [3.05, 3.63) is 71.5 Å². The summed E-state index contributed by atoms with van der Waals surface area (Å²) in [5.74, 6) is -0.553. The lowest BCUT2D eigenvalue weighted by Gasteiger charge is -2.07. The lowest BCUT2D eigenvalue weighted by atomic mass is 10.1. The third-order valence-corrected chi connectivity index (χ3v) is 3.71. The van der Waals surface area contributed by atoms with Crippen LogP contribution in [0.4, 0.5) is 0 Å². The van der Waals surface area contributed by atoms with Crippen molar-refractivity contribution in [3.8, 4) is 0 Å². The van der Waals surface area contributed by atoms with Gasteiger partial charge in [0.1, 0.15) is 5.58 Å². The first-order chi connectivity index (χ1) is 11.6. The summed E-state index contributed by atoms with van der Waals surface area (Å²) < 4.78 is 5.44. The third-order valence-electron chi connectivity index (χ3n) is 3.71. The van der Waals surface area contributed by atoms with Crippen molar-refractivity contribution in [2.24, 2.45) is 0 Å². The summed E-state index contributed by atoms with van der Waals surface area (Å²) in [6, 6.07) is 15.2. The number of aryl methyl sites for hydroxylation is 1. The number of hydrogen-bond acceptors (Lipinski definition) is 3. The van der Waals surface area contributed by atoms with E-state index >= 15 is 0 Å². The van der Waals surface area contributed by atoms with Crippen LogP contribution < -0.4 is 10.9 Å². The summed E-state index contributed by atoms with van der Waals surface area (Å²) in [6.45, 7) is 1.99. The van der Waals surface area contributed by atoms with Gasteiger partial charge in [-0.2, -0.15) is 0 Å². The number of nitrogens with one attached hydrogen (secondary N) is 2. The van der Waals surface area contributed by atoms with E-state index in [1.807, 2.05) is 55.5 Å². The minimum Gasteiger partial charge on any atom is -0.464 e. The Kier molecular flexibility index (Phi) is 4.61. The Hall–Kier alpha value is -3.08. The van der Waals surface area contributed by atoms with Crippen LogP contribution in [0.5, 0.6) is 0 Å². The third kappa shape index (κ3) is 3.81. The number of rotatable bonds is 4. The molecule has 122 valence electrons. The molecule has 2 amide bonds. The van der Waals surface area contributed by atoms with Gasteiger partial charge >= 0.3 is 0 Å². The molecule has 0 saturated carbocycles. The highest BCUT2D eigenvalue weighted by atomic mass is 16.3. The monoisotopic (exact) mass is 322 g/mol. The molecule has 5 nitrogen and oxygen atoms in total. The Balaban J connectivity index is 1.55. The number of fused-ring (bicyclic) bond motifs is 1. The smallest absolute Gasteiger partial charge is 0.242 e. The van der Waals surface area contributed by atoms with Crippen molar-refractivity contribution in [2.45, 2.75) is 19.8 Å². The van der Waals surface area contributed by atoms with Gasteiger partial charge in [0.25, 0.3) is 0 Å². The highest BCUT2D eigenvalue weighted by molar-refractivity contribution is 5.89. The maximum absolute atomic E-state index is 12.0. The molecule has 2 aromatic carbocycles. The highest BCUT2D eigenvalue weighted by Crippen LogP contribution is 2.22. The molecule has 1 heterocycles. The second-order valence-electron chi connectivity index (χ2n) is 5.70. The second-order valence-corrected chi connectivity index (χ2v) is 5.70. The van der Waals surface area contributed by atoms with Crippen molar-refractivity contribution in [1.29, 1.82) is 0 Å². The number of hydrogen-bond donors (Lipinski definition) is 2. The van der Waals surface area contributed by atoms with Gasteiger partial charge in [-0.25, -0.2) is 0 Å². The van der Waals surface area contributed by atoms with Gasteiger partial charge < -0.3 is 4.42 Å². The Morgan fingerprint density at radius 1 is 0.958 bits per heavy atom. The molecule has 0 aliphatic carbocycles. The van der Waals surface area contributed by atoms with Gasteiger partial charge in [0.15, 0.2) is 0 Å². The second kappa shape index (κ2) is 7.00. The van der Waals surface area contributed by atoms with Crippen LogP contribution in [0.25, 0.3) is 11.0 Å². The number of carbonyl (C=O) groups is 2. The summed E-state index contributed by atoms with van der Waals surface area (Å²) in [4.78, 5) is 23.9. The zero-order valence-corrected chi connectivity index (χ0v) is 13.3. The normalized spacial score (nSPS) is 10.5. The van der Waals surface area contributed by atoms with Gasteiger partial charge in [0, 0.05) is 10.9 Å². The minimum absolute atomic E-state index is 0.141. The van der Waals surface area contributed by atoms with Crippen molar-refractivity contribution >= 4 is 22.8 Å². The summed E-state index contributed by atoms with van der Waals surface area (Å²) in [5, 5.41) is 0.917. The van der Waals surface area contributed by atoms with Gasteiger partial charge in [-0.3, -0.25) is 20.4 Å². The molecule has 0 radical (unpaired) electrons. The number of hydrazine groups is 1. The molecule has 0 saturated heterocycles.